The second kappa shape index (κ2) is 14.5. The fourth-order valence-electron chi connectivity index (χ4n) is 0.642. The predicted molar refractivity (Wildman–Crippen MR) is 59.6 cm³/mol. The fourth-order valence-corrected chi connectivity index (χ4v) is 0.642. The molecular weight excluding hydrogens is 204 g/mol. The zero-order valence-corrected chi connectivity index (χ0v) is 9.83. The molecule has 71 valence electrons. The van der Waals surface area contributed by atoms with Gasteiger partial charge >= 0.3 is 21.7 Å². The Morgan fingerprint density at radius 2 is 1.07 bits per heavy atom. The molecule has 0 N–H and O–H groups in total. The molecule has 0 saturated carbocycles. The molecule has 0 saturated heterocycles. The maximum absolute atomic E-state index is 3.25. The Morgan fingerprint density at radius 1 is 0.857 bits per heavy atom. The maximum Gasteiger partial charge on any atom is 3.00 e. The molecule has 0 aromatic heterocycles. The Bertz CT molecular complexity index is 180. The monoisotopic (exact) mass is 219 g/mol. The minimum Gasteiger partial charge on any atom is -0.245 e. The van der Waals surface area contributed by atoms with E-state index in [1.165, 1.54) is 6.08 Å². The van der Waals surface area contributed by atoms with Gasteiger partial charge in [0.2, 0.25) is 0 Å². The summed E-state index contributed by atoms with van der Waals surface area (Å²) in [5.74, 6) is 0. The van der Waals surface area contributed by atoms with Gasteiger partial charge in [0.1, 0.15) is 0 Å². The van der Waals surface area contributed by atoms with Crippen LogP contribution in [0.15, 0.2) is 73.3 Å². The number of hydrogen-bond acceptors (Lipinski definition) is 0. The number of hydrogen-bond donors (Lipinski definition) is 0. The third-order valence-electron chi connectivity index (χ3n) is 1.11. The van der Waals surface area contributed by atoms with Gasteiger partial charge in [0, 0.05) is 0 Å². The molecule has 0 spiro atoms. The molecule has 0 atom stereocenters. The first kappa shape index (κ1) is 15.5. The van der Waals surface area contributed by atoms with Crippen LogP contribution in [0.3, 0.4) is 0 Å². The van der Waals surface area contributed by atoms with Gasteiger partial charge in [-0.3, -0.25) is 0 Å². The molecule has 1 radical (unpaired) electrons. The Morgan fingerprint density at radius 3 is 1.14 bits per heavy atom. The molecule has 0 amide bonds. The standard InChI is InChI=1S/2C5H5.C3H5.Ti/c2*1-2-4-5-3-1;1-3-2;/h2*1-5H;3H,1-2H2;/q3*-1;+3. The zero-order chi connectivity index (χ0) is 9.78. The van der Waals surface area contributed by atoms with Crippen molar-refractivity contribution in [2.45, 2.75) is 0 Å². The van der Waals surface area contributed by atoms with Crippen molar-refractivity contribution in [1.29, 1.82) is 0 Å². The first-order valence-corrected chi connectivity index (χ1v) is 4.15. The summed E-state index contributed by atoms with van der Waals surface area (Å²) in [7, 11) is 0. The molecule has 2 aromatic carbocycles. The van der Waals surface area contributed by atoms with E-state index in [1.54, 1.807) is 0 Å². The minimum absolute atomic E-state index is 0. The second-order valence-electron chi connectivity index (χ2n) is 2.21. The van der Waals surface area contributed by atoms with Gasteiger partial charge < -0.3 is 0 Å². The summed E-state index contributed by atoms with van der Waals surface area (Å²) >= 11 is 0. The molecule has 2 rings (SSSR count). The van der Waals surface area contributed by atoms with Gasteiger partial charge in [-0.2, -0.15) is 36.4 Å². The van der Waals surface area contributed by atoms with E-state index < -0.39 is 0 Å². The fraction of sp³-hybridized carbons (Fsp3) is 0. The van der Waals surface area contributed by atoms with Crippen LogP contribution in [0.1, 0.15) is 0 Å². The van der Waals surface area contributed by atoms with Gasteiger partial charge in [0.15, 0.2) is 0 Å². The van der Waals surface area contributed by atoms with Gasteiger partial charge in [-0.1, -0.05) is 0 Å². The van der Waals surface area contributed by atoms with Crippen LogP contribution < -0.4 is 0 Å². The normalized spacial score (nSPS) is 6.57. The molecular formula is C13H15Ti. The molecule has 14 heavy (non-hydrogen) atoms. The summed E-state index contributed by atoms with van der Waals surface area (Å²) in [6.45, 7) is 6.50. The molecule has 0 aliphatic rings. The van der Waals surface area contributed by atoms with E-state index in [-0.39, 0.29) is 21.7 Å². The molecule has 2 aromatic rings. The average molecular weight is 219 g/mol. The SMILES string of the molecule is C=C[CH2-].[Ti+3].c1cc[cH-]c1.c1cc[cH-]c1. The van der Waals surface area contributed by atoms with E-state index >= 15 is 0 Å². The van der Waals surface area contributed by atoms with Gasteiger partial charge in [-0.25, -0.2) is 43.8 Å². The van der Waals surface area contributed by atoms with Crippen molar-refractivity contribution >= 4 is 0 Å². The third-order valence-corrected chi connectivity index (χ3v) is 1.11. The van der Waals surface area contributed by atoms with E-state index in [9.17, 15) is 0 Å². The van der Waals surface area contributed by atoms with E-state index in [1.807, 2.05) is 60.7 Å². The van der Waals surface area contributed by atoms with Gasteiger partial charge in [0.25, 0.3) is 0 Å². The van der Waals surface area contributed by atoms with Crippen molar-refractivity contribution in [2.75, 3.05) is 0 Å². The van der Waals surface area contributed by atoms with Crippen LogP contribution in [0.5, 0.6) is 0 Å². The summed E-state index contributed by atoms with van der Waals surface area (Å²) < 4.78 is 0. The summed E-state index contributed by atoms with van der Waals surface area (Å²) in [4.78, 5) is 0. The van der Waals surface area contributed by atoms with Crippen molar-refractivity contribution in [3.8, 4) is 0 Å². The first-order valence-electron chi connectivity index (χ1n) is 4.15. The molecule has 0 fully saturated rings. The van der Waals surface area contributed by atoms with Crippen LogP contribution in [-0.4, -0.2) is 0 Å². The Balaban J connectivity index is 0. The Labute approximate surface area is 102 Å². The van der Waals surface area contributed by atoms with Crippen LogP contribution in [0, 0.1) is 6.92 Å². The summed E-state index contributed by atoms with van der Waals surface area (Å²) in [6, 6.07) is 20.0. The molecule has 1 heteroatoms. The molecule has 0 heterocycles. The molecule has 0 bridgehead atoms. The Hall–Kier alpha value is -0.976. The zero-order valence-electron chi connectivity index (χ0n) is 8.27. The molecule has 0 aliphatic carbocycles. The third kappa shape index (κ3) is 13.6. The maximum atomic E-state index is 3.25. The van der Waals surface area contributed by atoms with Crippen LogP contribution in [0.4, 0.5) is 0 Å². The molecule has 0 nitrogen and oxygen atoms in total. The average Bonchev–Trinajstić information content (AvgIpc) is 2.85. The number of allylic oxidation sites excluding steroid dienone is 1. The smallest absolute Gasteiger partial charge is 0.245 e. The second-order valence-corrected chi connectivity index (χ2v) is 2.21. The minimum atomic E-state index is 0. The van der Waals surface area contributed by atoms with Crippen LogP contribution in [0.2, 0.25) is 0 Å². The van der Waals surface area contributed by atoms with E-state index in [0.717, 1.165) is 0 Å². The summed E-state index contributed by atoms with van der Waals surface area (Å²) in [5, 5.41) is 0. The van der Waals surface area contributed by atoms with Crippen LogP contribution >= 0.6 is 0 Å². The van der Waals surface area contributed by atoms with Crippen molar-refractivity contribution in [3.05, 3.63) is 80.2 Å². The Kier molecular flexibility index (Phi) is 16.1. The van der Waals surface area contributed by atoms with Crippen molar-refractivity contribution in [3.63, 3.8) is 0 Å². The number of rotatable bonds is 0. The topological polar surface area (TPSA) is 0 Å². The van der Waals surface area contributed by atoms with Crippen molar-refractivity contribution in [2.24, 2.45) is 0 Å². The van der Waals surface area contributed by atoms with E-state index in [2.05, 4.69) is 13.5 Å². The quantitative estimate of drug-likeness (QED) is 0.466. The van der Waals surface area contributed by atoms with Crippen molar-refractivity contribution in [1.82, 2.24) is 0 Å². The van der Waals surface area contributed by atoms with E-state index in [4.69, 9.17) is 0 Å². The van der Waals surface area contributed by atoms with Crippen molar-refractivity contribution < 1.29 is 21.7 Å². The van der Waals surface area contributed by atoms with Crippen LogP contribution in [-0.2, 0) is 21.7 Å². The predicted octanol–water partition coefficient (Wildman–Crippen LogP) is 3.81. The van der Waals surface area contributed by atoms with Gasteiger partial charge in [0.05, 0.1) is 0 Å². The largest absolute Gasteiger partial charge is 3.00 e. The first-order chi connectivity index (χ1) is 6.41. The van der Waals surface area contributed by atoms with Gasteiger partial charge in [-0.15, -0.1) is 0 Å². The van der Waals surface area contributed by atoms with E-state index in [0.29, 0.717) is 0 Å². The van der Waals surface area contributed by atoms with Crippen LogP contribution in [0.25, 0.3) is 0 Å². The molecule has 0 aliphatic heterocycles. The van der Waals surface area contributed by atoms with Gasteiger partial charge in [-0.05, 0) is 0 Å². The summed E-state index contributed by atoms with van der Waals surface area (Å²) in [5.41, 5.74) is 0. The molecule has 0 unspecified atom stereocenters. The summed E-state index contributed by atoms with van der Waals surface area (Å²) in [6.07, 6.45) is 1.50.